The number of piperidine rings is 1. The van der Waals surface area contributed by atoms with Gasteiger partial charge in [-0.1, -0.05) is 6.42 Å². The molecular weight excluding hydrogens is 176 g/mol. The minimum absolute atomic E-state index is 0.282. The second-order valence-corrected chi connectivity index (χ2v) is 4.39. The Bertz CT molecular complexity index is 150. The SMILES string of the molecule is CC(N)C1CCCCN1CCCCO. The van der Waals surface area contributed by atoms with Gasteiger partial charge in [-0.05, 0) is 45.7 Å². The molecule has 14 heavy (non-hydrogen) atoms. The zero-order chi connectivity index (χ0) is 10.4. The smallest absolute Gasteiger partial charge is 0.0431 e. The lowest BCUT2D eigenvalue weighted by Crippen LogP contribution is -2.49. The monoisotopic (exact) mass is 200 g/mol. The molecule has 3 heteroatoms. The zero-order valence-corrected chi connectivity index (χ0v) is 9.28. The predicted molar refractivity (Wildman–Crippen MR) is 59.2 cm³/mol. The Labute approximate surface area is 87.3 Å². The molecule has 2 unspecified atom stereocenters. The third-order valence-electron chi connectivity index (χ3n) is 3.12. The van der Waals surface area contributed by atoms with E-state index in [0.29, 0.717) is 12.6 Å². The summed E-state index contributed by atoms with van der Waals surface area (Å²) in [7, 11) is 0. The molecule has 1 aliphatic rings. The summed E-state index contributed by atoms with van der Waals surface area (Å²) in [6, 6.07) is 0.854. The quantitative estimate of drug-likeness (QED) is 0.650. The third kappa shape index (κ3) is 3.56. The summed E-state index contributed by atoms with van der Waals surface area (Å²) in [5.74, 6) is 0. The highest BCUT2D eigenvalue weighted by Gasteiger charge is 2.24. The molecule has 0 aromatic heterocycles. The van der Waals surface area contributed by atoms with Crippen molar-refractivity contribution in [3.05, 3.63) is 0 Å². The van der Waals surface area contributed by atoms with Crippen molar-refractivity contribution in [2.45, 2.75) is 51.1 Å². The molecule has 1 saturated heterocycles. The van der Waals surface area contributed by atoms with Crippen molar-refractivity contribution in [2.75, 3.05) is 19.7 Å². The Morgan fingerprint density at radius 3 is 2.86 bits per heavy atom. The molecule has 0 aromatic rings. The molecule has 0 amide bonds. The number of aliphatic hydroxyl groups excluding tert-OH is 1. The summed E-state index contributed by atoms with van der Waals surface area (Å²) < 4.78 is 0. The van der Waals surface area contributed by atoms with E-state index in [1.54, 1.807) is 0 Å². The number of aliphatic hydroxyl groups is 1. The normalized spacial score (nSPS) is 26.4. The highest BCUT2D eigenvalue weighted by Crippen LogP contribution is 2.19. The van der Waals surface area contributed by atoms with Gasteiger partial charge in [-0.3, -0.25) is 4.90 Å². The van der Waals surface area contributed by atoms with E-state index in [1.165, 1.54) is 25.8 Å². The molecule has 0 aromatic carbocycles. The standard InChI is InChI=1S/C11H24N2O/c1-10(12)11-6-2-3-7-13(11)8-4-5-9-14/h10-11,14H,2-9,12H2,1H3. The molecule has 0 bridgehead atoms. The topological polar surface area (TPSA) is 49.5 Å². The van der Waals surface area contributed by atoms with E-state index in [1.807, 2.05) is 0 Å². The summed E-state index contributed by atoms with van der Waals surface area (Å²) in [6.07, 6.45) is 5.89. The molecule has 2 atom stereocenters. The Morgan fingerprint density at radius 2 is 2.21 bits per heavy atom. The molecule has 0 spiro atoms. The number of nitrogens with two attached hydrogens (primary N) is 1. The fraction of sp³-hybridized carbons (Fsp3) is 1.00. The predicted octanol–water partition coefficient (Wildman–Crippen LogP) is 0.961. The van der Waals surface area contributed by atoms with E-state index < -0.39 is 0 Å². The van der Waals surface area contributed by atoms with Crippen molar-refractivity contribution in [2.24, 2.45) is 5.73 Å². The lowest BCUT2D eigenvalue weighted by molar-refractivity contribution is 0.125. The van der Waals surface area contributed by atoms with E-state index in [2.05, 4.69) is 11.8 Å². The van der Waals surface area contributed by atoms with Crippen LogP contribution < -0.4 is 5.73 Å². The molecule has 1 heterocycles. The number of hydrogen-bond acceptors (Lipinski definition) is 3. The Balaban J connectivity index is 2.30. The van der Waals surface area contributed by atoms with Crippen molar-refractivity contribution in [1.29, 1.82) is 0 Å². The van der Waals surface area contributed by atoms with E-state index in [-0.39, 0.29) is 6.04 Å². The van der Waals surface area contributed by atoms with E-state index in [9.17, 15) is 0 Å². The van der Waals surface area contributed by atoms with Gasteiger partial charge in [-0.25, -0.2) is 0 Å². The van der Waals surface area contributed by atoms with Gasteiger partial charge >= 0.3 is 0 Å². The van der Waals surface area contributed by atoms with Gasteiger partial charge < -0.3 is 10.8 Å². The van der Waals surface area contributed by atoms with Crippen LogP contribution in [0.25, 0.3) is 0 Å². The maximum absolute atomic E-state index is 8.73. The fourth-order valence-electron chi connectivity index (χ4n) is 2.32. The summed E-state index contributed by atoms with van der Waals surface area (Å²) in [6.45, 7) is 4.72. The Kier molecular flexibility index (Phi) is 5.45. The molecule has 0 aliphatic carbocycles. The summed E-state index contributed by atoms with van der Waals surface area (Å²) in [5, 5.41) is 8.73. The van der Waals surface area contributed by atoms with Crippen molar-refractivity contribution in [3.8, 4) is 0 Å². The molecule has 84 valence electrons. The summed E-state index contributed by atoms with van der Waals surface area (Å²) in [4.78, 5) is 2.50. The minimum Gasteiger partial charge on any atom is -0.396 e. The highest BCUT2D eigenvalue weighted by atomic mass is 16.2. The maximum Gasteiger partial charge on any atom is 0.0431 e. The molecule has 0 radical (unpaired) electrons. The fourth-order valence-corrected chi connectivity index (χ4v) is 2.32. The Hall–Kier alpha value is -0.120. The van der Waals surface area contributed by atoms with Crippen molar-refractivity contribution in [3.63, 3.8) is 0 Å². The van der Waals surface area contributed by atoms with Crippen LogP contribution >= 0.6 is 0 Å². The van der Waals surface area contributed by atoms with Gasteiger partial charge in [0.2, 0.25) is 0 Å². The number of unbranched alkanes of at least 4 members (excludes halogenated alkanes) is 1. The molecule has 0 saturated carbocycles. The van der Waals surface area contributed by atoms with Crippen LogP contribution in [0.15, 0.2) is 0 Å². The van der Waals surface area contributed by atoms with Crippen LogP contribution in [0.4, 0.5) is 0 Å². The lowest BCUT2D eigenvalue weighted by atomic mass is 9.97. The highest BCUT2D eigenvalue weighted by molar-refractivity contribution is 4.82. The third-order valence-corrected chi connectivity index (χ3v) is 3.12. The summed E-state index contributed by atoms with van der Waals surface area (Å²) in [5.41, 5.74) is 5.97. The first-order chi connectivity index (χ1) is 6.75. The summed E-state index contributed by atoms with van der Waals surface area (Å²) >= 11 is 0. The molecule has 1 aliphatic heterocycles. The van der Waals surface area contributed by atoms with Crippen LogP contribution in [0, 0.1) is 0 Å². The Morgan fingerprint density at radius 1 is 1.43 bits per heavy atom. The second kappa shape index (κ2) is 6.38. The van der Waals surface area contributed by atoms with Gasteiger partial charge in [0, 0.05) is 18.7 Å². The van der Waals surface area contributed by atoms with Gasteiger partial charge in [0.1, 0.15) is 0 Å². The molecule has 3 nitrogen and oxygen atoms in total. The van der Waals surface area contributed by atoms with Gasteiger partial charge in [0.25, 0.3) is 0 Å². The largest absolute Gasteiger partial charge is 0.396 e. The maximum atomic E-state index is 8.73. The molecule has 1 fully saturated rings. The van der Waals surface area contributed by atoms with E-state index >= 15 is 0 Å². The average Bonchev–Trinajstić information content (AvgIpc) is 2.19. The van der Waals surface area contributed by atoms with Crippen LogP contribution in [-0.4, -0.2) is 41.8 Å². The zero-order valence-electron chi connectivity index (χ0n) is 9.28. The van der Waals surface area contributed by atoms with Crippen molar-refractivity contribution < 1.29 is 5.11 Å². The number of hydrogen-bond donors (Lipinski definition) is 2. The molecule has 1 rings (SSSR count). The van der Waals surface area contributed by atoms with Crippen LogP contribution in [0.5, 0.6) is 0 Å². The van der Waals surface area contributed by atoms with Gasteiger partial charge in [0.05, 0.1) is 0 Å². The first kappa shape index (κ1) is 12.0. The van der Waals surface area contributed by atoms with E-state index in [0.717, 1.165) is 19.4 Å². The number of rotatable bonds is 5. The van der Waals surface area contributed by atoms with Crippen LogP contribution in [0.1, 0.15) is 39.0 Å². The lowest BCUT2D eigenvalue weighted by Gasteiger charge is -2.38. The second-order valence-electron chi connectivity index (χ2n) is 4.39. The van der Waals surface area contributed by atoms with Crippen molar-refractivity contribution >= 4 is 0 Å². The molecular formula is C11H24N2O. The van der Waals surface area contributed by atoms with Crippen LogP contribution in [0.3, 0.4) is 0 Å². The van der Waals surface area contributed by atoms with Crippen LogP contribution in [-0.2, 0) is 0 Å². The number of nitrogens with zero attached hydrogens (tertiary/aromatic N) is 1. The first-order valence-corrected chi connectivity index (χ1v) is 5.86. The average molecular weight is 200 g/mol. The number of likely N-dealkylation sites (tertiary alicyclic amines) is 1. The molecule has 3 N–H and O–H groups in total. The van der Waals surface area contributed by atoms with Gasteiger partial charge in [0.15, 0.2) is 0 Å². The first-order valence-electron chi connectivity index (χ1n) is 5.86. The van der Waals surface area contributed by atoms with Crippen molar-refractivity contribution in [1.82, 2.24) is 4.90 Å². The van der Waals surface area contributed by atoms with Crippen LogP contribution in [0.2, 0.25) is 0 Å². The van der Waals surface area contributed by atoms with Gasteiger partial charge in [-0.2, -0.15) is 0 Å². The van der Waals surface area contributed by atoms with Gasteiger partial charge in [-0.15, -0.1) is 0 Å². The minimum atomic E-state index is 0.282. The van der Waals surface area contributed by atoms with E-state index in [4.69, 9.17) is 10.8 Å².